The third-order valence-electron chi connectivity index (χ3n) is 4.39. The van der Waals surface area contributed by atoms with E-state index in [1.807, 2.05) is 0 Å². The van der Waals surface area contributed by atoms with Crippen LogP contribution in [0.5, 0.6) is 0 Å². The van der Waals surface area contributed by atoms with Gasteiger partial charge in [-0.15, -0.1) is 0 Å². The van der Waals surface area contributed by atoms with Crippen LogP contribution in [0.25, 0.3) is 0 Å². The molecule has 0 unspecified atom stereocenters. The molecule has 13 heteroatoms. The van der Waals surface area contributed by atoms with Gasteiger partial charge >= 0.3 is 24.0 Å². The average molecular weight is 524 g/mol. The SMILES string of the molecule is CCC(=O)OCCOCC(COCCOC(C)=O)(COCCOC(=O)CC)COCCOC(=O)NC. The van der Waals surface area contributed by atoms with Crippen molar-refractivity contribution in [3.63, 3.8) is 0 Å². The zero-order valence-electron chi connectivity index (χ0n) is 21.8. The van der Waals surface area contributed by atoms with Crippen LogP contribution in [-0.2, 0) is 52.3 Å². The van der Waals surface area contributed by atoms with E-state index >= 15 is 0 Å². The molecule has 0 heterocycles. The summed E-state index contributed by atoms with van der Waals surface area (Å²) < 4.78 is 42.7. The van der Waals surface area contributed by atoms with Crippen LogP contribution in [0.3, 0.4) is 0 Å². The molecule has 0 saturated carbocycles. The van der Waals surface area contributed by atoms with E-state index in [2.05, 4.69) is 5.32 Å². The number of ether oxygens (including phenoxy) is 8. The molecule has 1 N–H and O–H groups in total. The summed E-state index contributed by atoms with van der Waals surface area (Å²) in [5.74, 6) is -1.08. The van der Waals surface area contributed by atoms with Crippen molar-refractivity contribution in [1.29, 1.82) is 0 Å². The second-order valence-electron chi connectivity index (χ2n) is 7.58. The molecular weight excluding hydrogens is 482 g/mol. The molecule has 0 aliphatic rings. The van der Waals surface area contributed by atoms with Crippen molar-refractivity contribution < 1.29 is 57.1 Å². The minimum Gasteiger partial charge on any atom is -0.463 e. The van der Waals surface area contributed by atoms with Gasteiger partial charge in [-0.05, 0) is 0 Å². The van der Waals surface area contributed by atoms with E-state index < -0.39 is 17.5 Å². The highest BCUT2D eigenvalue weighted by Crippen LogP contribution is 2.21. The maximum absolute atomic E-state index is 11.3. The lowest BCUT2D eigenvalue weighted by Crippen LogP contribution is -2.43. The van der Waals surface area contributed by atoms with E-state index in [0.717, 1.165) is 0 Å². The zero-order chi connectivity index (χ0) is 27.1. The van der Waals surface area contributed by atoms with Gasteiger partial charge in [0.2, 0.25) is 0 Å². The van der Waals surface area contributed by atoms with Crippen molar-refractivity contribution in [3.05, 3.63) is 0 Å². The lowest BCUT2D eigenvalue weighted by molar-refractivity contribution is -0.149. The highest BCUT2D eigenvalue weighted by molar-refractivity contribution is 5.69. The molecule has 210 valence electrons. The van der Waals surface area contributed by atoms with Crippen molar-refractivity contribution in [1.82, 2.24) is 5.32 Å². The van der Waals surface area contributed by atoms with E-state index in [-0.39, 0.29) is 104 Å². The Morgan fingerprint density at radius 2 is 0.944 bits per heavy atom. The Bertz CT molecular complexity index is 564. The van der Waals surface area contributed by atoms with Crippen LogP contribution in [0.1, 0.15) is 33.6 Å². The highest BCUT2D eigenvalue weighted by Gasteiger charge is 2.33. The smallest absolute Gasteiger partial charge is 0.406 e. The standard InChI is InChI=1S/C23H41NO12/c1-5-20(26)34-12-8-30-16-23(15-29-7-11-33-19(3)25,17-31-9-13-35-21(27)6-2)18-32-10-14-36-22(28)24-4/h5-18H2,1-4H3,(H,24,28). The molecule has 0 atom stereocenters. The van der Waals surface area contributed by atoms with Gasteiger partial charge in [0, 0.05) is 26.8 Å². The molecule has 0 spiro atoms. The summed E-state index contributed by atoms with van der Waals surface area (Å²) in [4.78, 5) is 44.8. The van der Waals surface area contributed by atoms with Gasteiger partial charge in [-0.1, -0.05) is 13.8 Å². The average Bonchev–Trinajstić information content (AvgIpc) is 2.86. The van der Waals surface area contributed by atoms with Gasteiger partial charge in [0.25, 0.3) is 0 Å². The lowest BCUT2D eigenvalue weighted by atomic mass is 9.92. The monoisotopic (exact) mass is 523 g/mol. The molecule has 1 amide bonds. The number of nitrogens with one attached hydrogen (secondary N) is 1. The van der Waals surface area contributed by atoms with Crippen LogP contribution in [0.15, 0.2) is 0 Å². The molecule has 0 saturated heterocycles. The minimum absolute atomic E-state index is 0.0325. The van der Waals surface area contributed by atoms with Crippen molar-refractivity contribution in [3.8, 4) is 0 Å². The molecule has 0 rings (SSSR count). The van der Waals surface area contributed by atoms with E-state index in [4.69, 9.17) is 37.9 Å². The van der Waals surface area contributed by atoms with Crippen LogP contribution < -0.4 is 5.32 Å². The Balaban J connectivity index is 5.02. The predicted octanol–water partition coefficient (Wildman–Crippen LogP) is 0.865. The van der Waals surface area contributed by atoms with Crippen LogP contribution in [0.4, 0.5) is 4.79 Å². The summed E-state index contributed by atoms with van der Waals surface area (Å²) >= 11 is 0. The van der Waals surface area contributed by atoms with Crippen LogP contribution in [-0.4, -0.2) is 110 Å². The maximum Gasteiger partial charge on any atom is 0.406 e. The molecule has 0 aliphatic heterocycles. The molecule has 0 radical (unpaired) electrons. The predicted molar refractivity (Wildman–Crippen MR) is 125 cm³/mol. The Labute approximate surface area is 212 Å². The number of carbonyl (C=O) groups excluding carboxylic acids is 4. The number of alkyl carbamates (subject to hydrolysis) is 1. The number of esters is 3. The Hall–Kier alpha value is -2.48. The molecule has 13 nitrogen and oxygen atoms in total. The number of amides is 1. The first kappa shape index (κ1) is 33.5. The molecular formula is C23H41NO12. The Morgan fingerprint density at radius 1 is 0.583 bits per heavy atom. The van der Waals surface area contributed by atoms with Gasteiger partial charge in [0.1, 0.15) is 26.4 Å². The van der Waals surface area contributed by atoms with Crippen molar-refractivity contribution in [2.24, 2.45) is 5.41 Å². The Morgan fingerprint density at radius 3 is 1.28 bits per heavy atom. The quantitative estimate of drug-likeness (QED) is 0.122. The van der Waals surface area contributed by atoms with Gasteiger partial charge in [-0.2, -0.15) is 0 Å². The van der Waals surface area contributed by atoms with E-state index in [1.165, 1.54) is 14.0 Å². The summed E-state index contributed by atoms with van der Waals surface area (Å²) in [5, 5.41) is 2.34. The van der Waals surface area contributed by atoms with E-state index in [9.17, 15) is 19.2 Å². The second-order valence-corrected chi connectivity index (χ2v) is 7.58. The third kappa shape index (κ3) is 18.8. The molecule has 0 aromatic rings. The zero-order valence-corrected chi connectivity index (χ0v) is 21.8. The van der Waals surface area contributed by atoms with Crippen molar-refractivity contribution in [2.75, 3.05) is 86.3 Å². The summed E-state index contributed by atoms with van der Waals surface area (Å²) in [6, 6.07) is 0. The number of rotatable bonds is 22. The fourth-order valence-corrected chi connectivity index (χ4v) is 2.55. The second kappa shape index (κ2) is 21.8. The summed E-state index contributed by atoms with van der Waals surface area (Å²) in [7, 11) is 1.45. The largest absolute Gasteiger partial charge is 0.463 e. The summed E-state index contributed by atoms with van der Waals surface area (Å²) in [6.45, 7) is 6.01. The first-order valence-corrected chi connectivity index (χ1v) is 11.9. The molecule has 0 bridgehead atoms. The topological polar surface area (TPSA) is 154 Å². The summed E-state index contributed by atoms with van der Waals surface area (Å²) in [6.07, 6.45) is -0.0426. The van der Waals surface area contributed by atoms with E-state index in [1.54, 1.807) is 13.8 Å². The fraction of sp³-hybridized carbons (Fsp3) is 0.826. The first-order valence-electron chi connectivity index (χ1n) is 11.9. The van der Waals surface area contributed by atoms with Crippen LogP contribution in [0.2, 0.25) is 0 Å². The normalized spacial score (nSPS) is 11.0. The van der Waals surface area contributed by atoms with Gasteiger partial charge < -0.3 is 43.2 Å². The number of carbonyl (C=O) groups is 4. The van der Waals surface area contributed by atoms with Gasteiger partial charge in [-0.3, -0.25) is 14.4 Å². The molecule has 36 heavy (non-hydrogen) atoms. The van der Waals surface area contributed by atoms with Gasteiger partial charge in [-0.25, -0.2) is 4.79 Å². The third-order valence-corrected chi connectivity index (χ3v) is 4.39. The molecule has 0 aromatic heterocycles. The minimum atomic E-state index is -0.813. The fourth-order valence-electron chi connectivity index (χ4n) is 2.55. The van der Waals surface area contributed by atoms with Crippen LogP contribution >= 0.6 is 0 Å². The summed E-state index contributed by atoms with van der Waals surface area (Å²) in [5.41, 5.74) is -0.813. The van der Waals surface area contributed by atoms with Crippen molar-refractivity contribution in [2.45, 2.75) is 33.6 Å². The van der Waals surface area contributed by atoms with E-state index in [0.29, 0.717) is 0 Å². The first-order chi connectivity index (χ1) is 17.3. The molecule has 0 aromatic carbocycles. The lowest BCUT2D eigenvalue weighted by Gasteiger charge is -2.33. The van der Waals surface area contributed by atoms with Crippen LogP contribution in [0, 0.1) is 5.41 Å². The van der Waals surface area contributed by atoms with Crippen molar-refractivity contribution >= 4 is 24.0 Å². The number of hydrogen-bond donors (Lipinski definition) is 1. The number of hydrogen-bond acceptors (Lipinski definition) is 12. The maximum atomic E-state index is 11.3. The highest BCUT2D eigenvalue weighted by atomic mass is 16.6. The van der Waals surface area contributed by atoms with Gasteiger partial charge in [0.05, 0.1) is 58.3 Å². The molecule has 0 fully saturated rings. The van der Waals surface area contributed by atoms with Gasteiger partial charge in [0.15, 0.2) is 0 Å². The molecule has 0 aliphatic carbocycles. The Kier molecular flexibility index (Phi) is 20.3.